The third-order valence-corrected chi connectivity index (χ3v) is 12.2. The number of hydrogen-bond acceptors (Lipinski definition) is 5. The maximum atomic E-state index is 13.4. The van der Waals surface area contributed by atoms with Gasteiger partial charge in [-0.1, -0.05) is 74.0 Å². The van der Waals surface area contributed by atoms with Gasteiger partial charge in [-0.25, -0.2) is 4.79 Å². The molecule has 0 radical (unpaired) electrons. The number of amides is 1. The average molecular weight is 774 g/mol. The number of aromatic nitrogens is 2. The monoisotopic (exact) mass is 772 g/mol. The minimum absolute atomic E-state index is 0.115. The number of carbonyl (C=O) groups excluding carboxylic acids is 1. The van der Waals surface area contributed by atoms with Gasteiger partial charge in [-0.15, -0.1) is 0 Å². The summed E-state index contributed by atoms with van der Waals surface area (Å²) in [4.78, 5) is 33.4. The summed E-state index contributed by atoms with van der Waals surface area (Å²) in [6.07, 6.45) is 11.7. The first-order valence-corrected chi connectivity index (χ1v) is 20.0. The third-order valence-electron chi connectivity index (χ3n) is 11.3. The number of alkyl carbamates (subject to hydrolysis) is 1. The maximum absolute atomic E-state index is 13.4. The number of ether oxygens (including phenoxy) is 1. The maximum Gasteiger partial charge on any atom is 0.408 e. The van der Waals surface area contributed by atoms with Crippen LogP contribution in [0.25, 0.3) is 16.6 Å². The number of fused-ring (bicyclic) bond motifs is 7. The Morgan fingerprint density at radius 1 is 1.02 bits per heavy atom. The zero-order valence-electron chi connectivity index (χ0n) is 30.2. The number of rotatable bonds is 9. The van der Waals surface area contributed by atoms with Crippen molar-refractivity contribution in [3.05, 3.63) is 103 Å². The van der Waals surface area contributed by atoms with E-state index in [9.17, 15) is 9.59 Å². The van der Waals surface area contributed by atoms with Crippen LogP contribution in [-0.4, -0.2) is 45.8 Å². The predicted octanol–water partition coefficient (Wildman–Crippen LogP) is 10.4. The summed E-state index contributed by atoms with van der Waals surface area (Å²) >= 11 is 9.78. The normalized spacial score (nSPS) is 18.1. The van der Waals surface area contributed by atoms with Crippen LogP contribution in [0.15, 0.2) is 69.9 Å². The van der Waals surface area contributed by atoms with Crippen molar-refractivity contribution in [2.75, 3.05) is 19.6 Å². The Morgan fingerprint density at radius 2 is 1.76 bits per heavy atom. The first kappa shape index (κ1) is 36.2. The van der Waals surface area contributed by atoms with E-state index >= 15 is 0 Å². The quantitative estimate of drug-likeness (QED) is 0.171. The molecule has 2 fully saturated rings. The fourth-order valence-electron chi connectivity index (χ4n) is 8.77. The number of piperidine rings is 1. The van der Waals surface area contributed by atoms with Crippen LogP contribution >= 0.6 is 27.5 Å². The molecule has 3 aromatic carbocycles. The van der Waals surface area contributed by atoms with Gasteiger partial charge in [0.05, 0.1) is 28.0 Å². The van der Waals surface area contributed by atoms with Crippen molar-refractivity contribution in [3.8, 4) is 5.69 Å². The Hall–Kier alpha value is -3.20. The third kappa shape index (κ3) is 7.65. The van der Waals surface area contributed by atoms with Crippen molar-refractivity contribution in [3.63, 3.8) is 0 Å². The minimum Gasteiger partial charge on any atom is -0.444 e. The van der Waals surface area contributed by atoms with Gasteiger partial charge in [0.25, 0.3) is 5.56 Å². The Kier molecular flexibility index (Phi) is 10.7. The van der Waals surface area contributed by atoms with Crippen molar-refractivity contribution in [2.45, 2.75) is 114 Å². The Morgan fingerprint density at radius 3 is 2.49 bits per heavy atom. The minimum atomic E-state index is -0.544. The molecule has 1 saturated carbocycles. The van der Waals surface area contributed by atoms with Gasteiger partial charge >= 0.3 is 6.09 Å². The van der Waals surface area contributed by atoms with Gasteiger partial charge in [-0.3, -0.25) is 9.36 Å². The molecule has 7 nitrogen and oxygen atoms in total. The first-order valence-electron chi connectivity index (χ1n) is 18.9. The van der Waals surface area contributed by atoms with Gasteiger partial charge in [0.15, 0.2) is 0 Å². The molecule has 1 N–H and O–H groups in total. The molecule has 2 aliphatic heterocycles. The largest absolute Gasteiger partial charge is 0.444 e. The average Bonchev–Trinajstić information content (AvgIpc) is 3.35. The Labute approximate surface area is 315 Å². The highest BCUT2D eigenvalue weighted by Crippen LogP contribution is 2.52. The van der Waals surface area contributed by atoms with Crippen molar-refractivity contribution >= 4 is 44.5 Å². The van der Waals surface area contributed by atoms with Crippen molar-refractivity contribution in [1.29, 1.82) is 0 Å². The summed E-state index contributed by atoms with van der Waals surface area (Å²) in [5.74, 6) is 1.46. The van der Waals surface area contributed by atoms with Gasteiger partial charge in [0, 0.05) is 9.50 Å². The zero-order valence-corrected chi connectivity index (χ0v) is 32.5. The molecule has 3 aliphatic rings. The second-order valence-electron chi connectivity index (χ2n) is 15.8. The topological polar surface area (TPSA) is 76.5 Å². The summed E-state index contributed by atoms with van der Waals surface area (Å²) in [7, 11) is 0. The van der Waals surface area contributed by atoms with Crippen LogP contribution in [0.2, 0.25) is 5.02 Å². The molecule has 1 aromatic heterocycles. The molecule has 1 saturated heterocycles. The first-order chi connectivity index (χ1) is 24.5. The van der Waals surface area contributed by atoms with E-state index in [0.29, 0.717) is 16.3 Å². The lowest BCUT2D eigenvalue weighted by atomic mass is 9.69. The fourth-order valence-corrected chi connectivity index (χ4v) is 9.42. The molecule has 1 amide bonds. The molecule has 9 heteroatoms. The number of carbonyl (C=O) groups is 1. The number of halogens is 2. The summed E-state index contributed by atoms with van der Waals surface area (Å²) in [5, 5.41) is 4.44. The van der Waals surface area contributed by atoms with E-state index in [1.807, 2.05) is 57.2 Å². The van der Waals surface area contributed by atoms with Crippen molar-refractivity contribution in [2.24, 2.45) is 0 Å². The SMILES string of the molecule is CC(C)(C)OC(=O)NC(CCCCCN1CCC(c2ccc3c(c2)-n2c(nc(=O)c4c(Br)cccc42)C32CCCCC2)CC1)c1ccc(Cl)cc1. The summed E-state index contributed by atoms with van der Waals surface area (Å²) in [6, 6.07) is 20.8. The number of unbranched alkanes of at least 4 members (excludes halogenated alkanes) is 2. The molecule has 7 rings (SSSR count). The predicted molar refractivity (Wildman–Crippen MR) is 209 cm³/mol. The van der Waals surface area contributed by atoms with E-state index in [2.05, 4.69) is 55.0 Å². The molecule has 1 atom stereocenters. The van der Waals surface area contributed by atoms with Gasteiger partial charge in [0.2, 0.25) is 0 Å². The highest BCUT2D eigenvalue weighted by molar-refractivity contribution is 9.10. The lowest BCUT2D eigenvalue weighted by Crippen LogP contribution is -2.35. The van der Waals surface area contributed by atoms with E-state index in [1.165, 1.54) is 23.2 Å². The number of likely N-dealkylation sites (tertiary alicyclic amines) is 1. The van der Waals surface area contributed by atoms with E-state index in [0.717, 1.165) is 105 Å². The zero-order chi connectivity index (χ0) is 35.8. The summed E-state index contributed by atoms with van der Waals surface area (Å²) in [6.45, 7) is 8.93. The second-order valence-corrected chi connectivity index (χ2v) is 17.1. The van der Waals surface area contributed by atoms with Crippen LogP contribution in [-0.2, 0) is 10.2 Å². The standard InChI is InChI=1S/C42H50BrClN4O3/c1-41(2,3)51-40(50)45-34(29-14-17-31(44)18-15-29)12-6-4-9-24-47-25-20-28(21-26-47)30-16-19-32-36(27-30)48-35-13-10-11-33(43)37(35)38(49)46-39(48)42(32)22-7-5-8-23-42/h10-11,13-19,27-28,34H,4-9,12,20-26H2,1-3H3,(H,45,50). The molecule has 3 heterocycles. The van der Waals surface area contributed by atoms with Gasteiger partial charge in [-0.05, 0) is 148 Å². The molecular formula is C42H50BrClN4O3. The number of benzene rings is 3. The molecule has 1 spiro atoms. The number of nitrogens with zero attached hydrogens (tertiary/aromatic N) is 3. The molecule has 270 valence electrons. The van der Waals surface area contributed by atoms with Crippen LogP contribution in [0, 0.1) is 0 Å². The van der Waals surface area contributed by atoms with E-state index in [4.69, 9.17) is 21.3 Å². The number of nitrogens with one attached hydrogen (secondary N) is 1. The highest BCUT2D eigenvalue weighted by Gasteiger charge is 2.46. The van der Waals surface area contributed by atoms with Gasteiger partial charge in [0.1, 0.15) is 11.4 Å². The molecule has 0 bridgehead atoms. The van der Waals surface area contributed by atoms with Crippen LogP contribution < -0.4 is 10.9 Å². The van der Waals surface area contributed by atoms with E-state index < -0.39 is 5.60 Å². The number of hydrogen-bond donors (Lipinski definition) is 1. The van der Waals surface area contributed by atoms with Crippen LogP contribution in [0.5, 0.6) is 0 Å². The van der Waals surface area contributed by atoms with E-state index in [-0.39, 0.29) is 23.1 Å². The molecule has 1 aliphatic carbocycles. The molecular weight excluding hydrogens is 724 g/mol. The Balaban J connectivity index is 0.977. The van der Waals surface area contributed by atoms with Gasteiger partial charge in [-0.2, -0.15) is 4.98 Å². The van der Waals surface area contributed by atoms with Crippen LogP contribution in [0.4, 0.5) is 4.79 Å². The smallest absolute Gasteiger partial charge is 0.408 e. The lowest BCUT2D eigenvalue weighted by molar-refractivity contribution is 0.0500. The van der Waals surface area contributed by atoms with E-state index in [1.54, 1.807) is 0 Å². The Bertz CT molecular complexity index is 1940. The summed E-state index contributed by atoms with van der Waals surface area (Å²) in [5.41, 5.74) is 5.12. The molecule has 1 unspecified atom stereocenters. The van der Waals surface area contributed by atoms with Crippen LogP contribution in [0.3, 0.4) is 0 Å². The van der Waals surface area contributed by atoms with Crippen LogP contribution in [0.1, 0.15) is 126 Å². The molecule has 51 heavy (non-hydrogen) atoms. The highest BCUT2D eigenvalue weighted by atomic mass is 79.9. The molecule has 4 aromatic rings. The lowest BCUT2D eigenvalue weighted by Gasteiger charge is -2.34. The summed E-state index contributed by atoms with van der Waals surface area (Å²) < 4.78 is 8.68. The van der Waals surface area contributed by atoms with Crippen molar-refractivity contribution in [1.82, 2.24) is 19.8 Å². The van der Waals surface area contributed by atoms with Crippen molar-refractivity contribution < 1.29 is 9.53 Å². The van der Waals surface area contributed by atoms with Gasteiger partial charge < -0.3 is 15.0 Å². The fraction of sp³-hybridized carbons (Fsp3) is 0.500. The second kappa shape index (κ2) is 15.0.